The topological polar surface area (TPSA) is 39.7 Å². The molecular weight excluding hydrogens is 176 g/mol. The van der Waals surface area contributed by atoms with Crippen LogP contribution >= 0.6 is 0 Å². The maximum atomic E-state index is 8.73. The van der Waals surface area contributed by atoms with Crippen LogP contribution in [0.25, 0.3) is 0 Å². The molecule has 1 fully saturated rings. The van der Waals surface area contributed by atoms with Gasteiger partial charge in [-0.15, -0.1) is 4.59 Å². The summed E-state index contributed by atoms with van der Waals surface area (Å²) in [6, 6.07) is 3.99. The highest BCUT2D eigenvalue weighted by atomic mass is 16.0. The molecule has 2 unspecified atom stereocenters. The van der Waals surface area contributed by atoms with Crippen LogP contribution in [0.4, 0.5) is 5.69 Å². The molecule has 0 saturated carbocycles. The molecule has 4 heteroatoms. The molecule has 1 saturated heterocycles. The number of quaternary nitrogens is 1. The number of aromatic nitrogens is 1. The average molecular weight is 183 g/mol. The monoisotopic (exact) mass is 183 g/mol. The van der Waals surface area contributed by atoms with E-state index in [1.54, 1.807) is 0 Å². The van der Waals surface area contributed by atoms with Crippen molar-refractivity contribution in [3.63, 3.8) is 0 Å². The zero-order chi connectivity index (χ0) is 9.34. The third-order valence-corrected chi connectivity index (χ3v) is 3.40. The summed E-state index contributed by atoms with van der Waals surface area (Å²) in [5, 5.41) is 11.0. The van der Waals surface area contributed by atoms with Gasteiger partial charge in [0.1, 0.15) is 24.2 Å². The molecule has 0 aliphatic carbocycles. The Bertz CT molecular complexity index is 527. The summed E-state index contributed by atoms with van der Waals surface area (Å²) in [6.45, 7) is 0. The minimum atomic E-state index is 0.528. The first kappa shape index (κ1) is 6.57. The second-order valence-corrected chi connectivity index (χ2v) is 3.91. The Morgan fingerprint density at radius 3 is 3.29 bits per heavy atom. The van der Waals surface area contributed by atoms with Crippen molar-refractivity contribution in [2.24, 2.45) is 0 Å². The Hall–Kier alpha value is -1.86. The van der Waals surface area contributed by atoms with Crippen LogP contribution in [0.1, 0.15) is 11.3 Å². The minimum absolute atomic E-state index is 0.528. The molecule has 4 heterocycles. The Balaban J connectivity index is 1.95. The Morgan fingerprint density at radius 1 is 1.64 bits per heavy atom. The fourth-order valence-electron chi connectivity index (χ4n) is 2.66. The molecule has 0 radical (unpaired) electrons. The van der Waals surface area contributed by atoms with Gasteiger partial charge in [0.25, 0.3) is 0 Å². The molecule has 0 aromatic carbocycles. The quantitative estimate of drug-likeness (QED) is 0.442. The third kappa shape index (κ3) is 0.455. The van der Waals surface area contributed by atoms with Gasteiger partial charge >= 0.3 is 0 Å². The van der Waals surface area contributed by atoms with Crippen molar-refractivity contribution in [2.45, 2.75) is 12.6 Å². The first-order valence-corrected chi connectivity index (χ1v) is 4.62. The minimum Gasteiger partial charge on any atom is -0.239 e. The molecule has 2 atom stereocenters. The van der Waals surface area contributed by atoms with Crippen molar-refractivity contribution >= 4 is 5.69 Å². The van der Waals surface area contributed by atoms with Gasteiger partial charge < -0.3 is 0 Å². The van der Waals surface area contributed by atoms with Crippen molar-refractivity contribution in [3.8, 4) is 6.07 Å². The molecule has 0 amide bonds. The lowest BCUT2D eigenvalue weighted by Gasteiger charge is -2.16. The highest BCUT2D eigenvalue weighted by molar-refractivity contribution is 5.64. The van der Waals surface area contributed by atoms with E-state index in [4.69, 9.17) is 5.26 Å². The molecule has 3 aliphatic rings. The summed E-state index contributed by atoms with van der Waals surface area (Å²) < 4.78 is 0.869. The molecule has 3 aliphatic heterocycles. The highest BCUT2D eigenvalue weighted by Crippen LogP contribution is 2.58. The van der Waals surface area contributed by atoms with Gasteiger partial charge in [-0.3, -0.25) is 0 Å². The van der Waals surface area contributed by atoms with Gasteiger partial charge in [0.15, 0.2) is 5.69 Å². The van der Waals surface area contributed by atoms with Gasteiger partial charge in [-0.25, -0.2) is 4.98 Å². The molecular formula is C10H7N4+. The molecule has 66 valence electrons. The lowest BCUT2D eigenvalue weighted by Crippen LogP contribution is -2.29. The Kier molecular flexibility index (Phi) is 0.787. The van der Waals surface area contributed by atoms with Gasteiger partial charge in [0, 0.05) is 5.56 Å². The van der Waals surface area contributed by atoms with E-state index in [1.807, 2.05) is 12.3 Å². The lowest BCUT2D eigenvalue weighted by atomic mass is 10.1. The average Bonchev–Trinajstić information content (AvgIpc) is 2.54. The molecule has 0 bridgehead atoms. The van der Waals surface area contributed by atoms with Crippen LogP contribution in [0.15, 0.2) is 24.7 Å². The molecule has 1 aromatic rings. The number of hydrogen-bond acceptors (Lipinski definition) is 3. The summed E-state index contributed by atoms with van der Waals surface area (Å²) in [7, 11) is 0. The van der Waals surface area contributed by atoms with Gasteiger partial charge in [-0.05, 0) is 6.07 Å². The van der Waals surface area contributed by atoms with E-state index in [0.29, 0.717) is 11.9 Å². The molecule has 14 heavy (non-hydrogen) atoms. The fraction of sp³-hybridized carbons (Fsp3) is 0.200. The van der Waals surface area contributed by atoms with Gasteiger partial charge in [0.2, 0.25) is 6.17 Å². The van der Waals surface area contributed by atoms with Gasteiger partial charge in [-0.2, -0.15) is 10.3 Å². The Labute approximate surface area is 80.9 Å². The van der Waals surface area contributed by atoms with Crippen LogP contribution in [0.3, 0.4) is 0 Å². The number of pyridine rings is 1. The first-order valence-electron chi connectivity index (χ1n) is 4.62. The van der Waals surface area contributed by atoms with E-state index in [1.165, 1.54) is 11.3 Å². The summed E-state index contributed by atoms with van der Waals surface area (Å²) in [4.78, 5) is 4.12. The summed E-state index contributed by atoms with van der Waals surface area (Å²) in [5.74, 6) is 0. The smallest absolute Gasteiger partial charge is 0.239 e. The zero-order valence-electron chi connectivity index (χ0n) is 7.38. The molecule has 1 spiro atoms. The van der Waals surface area contributed by atoms with Crippen molar-refractivity contribution in [1.29, 1.82) is 5.26 Å². The summed E-state index contributed by atoms with van der Waals surface area (Å²) >= 11 is 0. The van der Waals surface area contributed by atoms with Crippen molar-refractivity contribution in [2.75, 3.05) is 0 Å². The predicted octanol–water partition coefficient (Wildman–Crippen LogP) is 0.858. The number of nitrogens with zero attached hydrogens (tertiary/aromatic N) is 4. The van der Waals surface area contributed by atoms with Crippen molar-refractivity contribution in [3.05, 3.63) is 35.9 Å². The second kappa shape index (κ2) is 1.68. The molecule has 4 rings (SSSR count). The molecule has 4 nitrogen and oxygen atoms in total. The maximum Gasteiger partial charge on any atom is 0.243 e. The normalized spacial score (nSPS) is 33.9. The standard InChI is InChI=1S/C10H7N4/c11-5-8-3-7-4-10-13-1-2-14(10,13)9(7)6-12-8/h1-3,6,10H,4H2/q+1. The number of rotatable bonds is 0. The number of fused-ring (bicyclic) bond motifs is 2. The Morgan fingerprint density at radius 2 is 2.57 bits per heavy atom. The maximum absolute atomic E-state index is 8.73. The van der Waals surface area contributed by atoms with Crippen LogP contribution in [-0.4, -0.2) is 16.2 Å². The van der Waals surface area contributed by atoms with E-state index in [-0.39, 0.29) is 0 Å². The van der Waals surface area contributed by atoms with E-state index in [2.05, 4.69) is 28.5 Å². The lowest BCUT2D eigenvalue weighted by molar-refractivity contribution is 0.408. The van der Waals surface area contributed by atoms with Crippen LogP contribution in [0.5, 0.6) is 0 Å². The predicted molar refractivity (Wildman–Crippen MR) is 49.2 cm³/mol. The van der Waals surface area contributed by atoms with Crippen molar-refractivity contribution in [1.82, 2.24) is 14.6 Å². The first-order chi connectivity index (χ1) is 6.86. The number of hydrogen-bond donors (Lipinski definition) is 0. The largest absolute Gasteiger partial charge is 0.243 e. The number of nitriles is 1. The van der Waals surface area contributed by atoms with Crippen LogP contribution in [-0.2, 0) is 6.42 Å². The van der Waals surface area contributed by atoms with E-state index in [0.717, 1.165) is 11.0 Å². The van der Waals surface area contributed by atoms with Crippen molar-refractivity contribution < 1.29 is 0 Å². The molecule has 1 aromatic heterocycles. The van der Waals surface area contributed by atoms with E-state index >= 15 is 0 Å². The van der Waals surface area contributed by atoms with E-state index < -0.39 is 0 Å². The van der Waals surface area contributed by atoms with Crippen LogP contribution in [0.2, 0.25) is 0 Å². The van der Waals surface area contributed by atoms with Crippen LogP contribution in [0, 0.1) is 11.3 Å². The van der Waals surface area contributed by atoms with Gasteiger partial charge in [-0.1, -0.05) is 0 Å². The SMILES string of the molecule is N#Cc1cc2c(cn1)[N+]13C=CN1C3C2. The second-order valence-electron chi connectivity index (χ2n) is 3.91. The summed E-state index contributed by atoms with van der Waals surface area (Å²) in [5.41, 5.74) is 3.05. The van der Waals surface area contributed by atoms with Gasteiger partial charge in [0.05, 0.1) is 12.6 Å². The van der Waals surface area contributed by atoms with E-state index in [9.17, 15) is 0 Å². The highest BCUT2D eigenvalue weighted by Gasteiger charge is 2.74. The zero-order valence-corrected chi connectivity index (χ0v) is 7.38. The molecule has 0 N–H and O–H groups in total. The third-order valence-electron chi connectivity index (χ3n) is 3.40. The fourth-order valence-corrected chi connectivity index (χ4v) is 2.66. The van der Waals surface area contributed by atoms with Crippen LogP contribution < -0.4 is 4.59 Å². The summed E-state index contributed by atoms with van der Waals surface area (Å²) in [6.07, 6.45) is 7.76.